The number of aliphatic hydroxyl groups is 1. The highest BCUT2D eigenvalue weighted by molar-refractivity contribution is 6.32. The number of aliphatic hydroxyl groups excluding tert-OH is 1. The van der Waals surface area contributed by atoms with Crippen molar-refractivity contribution in [1.29, 1.82) is 0 Å². The van der Waals surface area contributed by atoms with E-state index in [9.17, 15) is 0 Å². The van der Waals surface area contributed by atoms with Gasteiger partial charge in [0, 0.05) is 22.9 Å². The number of anilines is 1. The zero-order valence-electron chi connectivity index (χ0n) is 7.20. The maximum absolute atomic E-state index is 8.57. The predicted octanol–water partition coefficient (Wildman–Crippen LogP) is 2.32. The van der Waals surface area contributed by atoms with E-state index >= 15 is 0 Å². The van der Waals surface area contributed by atoms with Crippen molar-refractivity contribution in [1.82, 2.24) is 0 Å². The van der Waals surface area contributed by atoms with Crippen LogP contribution in [0.25, 0.3) is 6.08 Å². The van der Waals surface area contributed by atoms with Gasteiger partial charge in [-0.3, -0.25) is 0 Å². The van der Waals surface area contributed by atoms with Gasteiger partial charge in [-0.05, 0) is 18.6 Å². The van der Waals surface area contributed by atoms with Gasteiger partial charge >= 0.3 is 0 Å². The summed E-state index contributed by atoms with van der Waals surface area (Å²) in [5.74, 6) is 0. The summed E-state index contributed by atoms with van der Waals surface area (Å²) >= 11 is 5.91. The Hall–Kier alpha value is -0.990. The van der Waals surface area contributed by atoms with E-state index in [2.05, 4.69) is 0 Å². The van der Waals surface area contributed by atoms with Crippen LogP contribution in [-0.4, -0.2) is 11.7 Å². The van der Waals surface area contributed by atoms with Gasteiger partial charge in [-0.15, -0.1) is 0 Å². The van der Waals surface area contributed by atoms with Crippen LogP contribution in [0, 0.1) is 0 Å². The van der Waals surface area contributed by atoms with E-state index in [4.69, 9.17) is 22.4 Å². The third-order valence-electron chi connectivity index (χ3n) is 1.67. The van der Waals surface area contributed by atoms with Crippen molar-refractivity contribution in [3.8, 4) is 0 Å². The summed E-state index contributed by atoms with van der Waals surface area (Å²) in [6, 6.07) is 5.39. The molecule has 0 heterocycles. The Labute approximate surface area is 82.6 Å². The summed E-state index contributed by atoms with van der Waals surface area (Å²) < 4.78 is 0. The van der Waals surface area contributed by atoms with E-state index in [0.29, 0.717) is 17.1 Å². The first-order valence-electron chi connectivity index (χ1n) is 4.07. The summed E-state index contributed by atoms with van der Waals surface area (Å²) in [7, 11) is 0. The smallest absolute Gasteiger partial charge is 0.0498 e. The average molecular weight is 198 g/mol. The Morgan fingerprint density at radius 2 is 2.23 bits per heavy atom. The molecule has 0 spiro atoms. The van der Waals surface area contributed by atoms with Crippen LogP contribution in [0.4, 0.5) is 5.69 Å². The summed E-state index contributed by atoms with van der Waals surface area (Å²) in [5.41, 5.74) is 7.18. The first-order chi connectivity index (χ1) is 6.25. The fourth-order valence-corrected chi connectivity index (χ4v) is 1.25. The Bertz CT molecular complexity index is 290. The SMILES string of the molecule is Nc1cccc(Cl)c1C=CCCO. The molecule has 0 aromatic heterocycles. The molecule has 1 aromatic carbocycles. The summed E-state index contributed by atoms with van der Waals surface area (Å²) in [6.45, 7) is 0.140. The van der Waals surface area contributed by atoms with E-state index in [-0.39, 0.29) is 6.61 Å². The van der Waals surface area contributed by atoms with E-state index < -0.39 is 0 Å². The summed E-state index contributed by atoms with van der Waals surface area (Å²) in [4.78, 5) is 0. The molecule has 0 radical (unpaired) electrons. The van der Waals surface area contributed by atoms with E-state index in [0.717, 1.165) is 5.56 Å². The Morgan fingerprint density at radius 1 is 1.46 bits per heavy atom. The van der Waals surface area contributed by atoms with Gasteiger partial charge in [-0.2, -0.15) is 0 Å². The van der Waals surface area contributed by atoms with Crippen LogP contribution >= 0.6 is 11.6 Å². The second-order valence-electron chi connectivity index (χ2n) is 2.66. The second kappa shape index (κ2) is 4.90. The number of hydrogen-bond donors (Lipinski definition) is 2. The van der Waals surface area contributed by atoms with Crippen LogP contribution in [0.3, 0.4) is 0 Å². The lowest BCUT2D eigenvalue weighted by atomic mass is 10.1. The summed E-state index contributed by atoms with van der Waals surface area (Å²) in [5, 5.41) is 9.20. The number of rotatable bonds is 3. The van der Waals surface area contributed by atoms with Gasteiger partial charge in [0.1, 0.15) is 0 Å². The molecule has 0 aliphatic carbocycles. The van der Waals surface area contributed by atoms with Gasteiger partial charge in [-0.25, -0.2) is 0 Å². The maximum atomic E-state index is 8.57. The van der Waals surface area contributed by atoms with Gasteiger partial charge in [0.15, 0.2) is 0 Å². The fraction of sp³-hybridized carbons (Fsp3) is 0.200. The number of benzene rings is 1. The fourth-order valence-electron chi connectivity index (χ4n) is 1.01. The van der Waals surface area contributed by atoms with Gasteiger partial charge in [0.25, 0.3) is 0 Å². The minimum Gasteiger partial charge on any atom is -0.398 e. The monoisotopic (exact) mass is 197 g/mol. The Balaban J connectivity index is 2.87. The molecule has 3 heteroatoms. The molecule has 13 heavy (non-hydrogen) atoms. The van der Waals surface area contributed by atoms with Crippen molar-refractivity contribution >= 4 is 23.4 Å². The largest absolute Gasteiger partial charge is 0.398 e. The molecule has 0 fully saturated rings. The molecule has 0 unspecified atom stereocenters. The van der Waals surface area contributed by atoms with Crippen LogP contribution in [0.5, 0.6) is 0 Å². The molecule has 3 N–H and O–H groups in total. The van der Waals surface area contributed by atoms with Gasteiger partial charge in [0.2, 0.25) is 0 Å². The van der Waals surface area contributed by atoms with Crippen LogP contribution < -0.4 is 5.73 Å². The highest BCUT2D eigenvalue weighted by Crippen LogP contribution is 2.23. The summed E-state index contributed by atoms with van der Waals surface area (Å²) in [6.07, 6.45) is 4.29. The third-order valence-corrected chi connectivity index (χ3v) is 2.00. The molecule has 0 bridgehead atoms. The molecule has 1 rings (SSSR count). The molecule has 0 amide bonds. The first kappa shape index (κ1) is 10.1. The Morgan fingerprint density at radius 3 is 2.85 bits per heavy atom. The van der Waals surface area contributed by atoms with Gasteiger partial charge in [0.05, 0.1) is 0 Å². The van der Waals surface area contributed by atoms with E-state index in [1.54, 1.807) is 18.2 Å². The van der Waals surface area contributed by atoms with Crippen molar-refractivity contribution in [3.05, 3.63) is 34.9 Å². The number of nitrogens with two attached hydrogens (primary N) is 1. The molecule has 0 saturated carbocycles. The molecule has 70 valence electrons. The van der Waals surface area contributed by atoms with Gasteiger partial charge in [-0.1, -0.05) is 29.8 Å². The lowest BCUT2D eigenvalue weighted by Crippen LogP contribution is -1.89. The molecule has 0 aliphatic rings. The highest BCUT2D eigenvalue weighted by atomic mass is 35.5. The average Bonchev–Trinajstić information content (AvgIpc) is 2.10. The topological polar surface area (TPSA) is 46.2 Å². The molecule has 0 atom stereocenters. The van der Waals surface area contributed by atoms with Crippen molar-refractivity contribution in [2.24, 2.45) is 0 Å². The minimum absolute atomic E-state index is 0.140. The quantitative estimate of drug-likeness (QED) is 0.731. The molecule has 0 saturated heterocycles. The van der Waals surface area contributed by atoms with Crippen molar-refractivity contribution in [3.63, 3.8) is 0 Å². The zero-order chi connectivity index (χ0) is 9.68. The van der Waals surface area contributed by atoms with Gasteiger partial charge < -0.3 is 10.8 Å². The van der Waals surface area contributed by atoms with E-state index in [1.807, 2.05) is 12.2 Å². The lowest BCUT2D eigenvalue weighted by molar-refractivity contribution is 0.303. The normalized spacial score (nSPS) is 10.9. The maximum Gasteiger partial charge on any atom is 0.0498 e. The standard InChI is InChI=1S/C10H12ClNO/c11-9-5-3-6-10(12)8(9)4-1-2-7-13/h1,3-6,13H,2,7,12H2. The molecular formula is C10H12ClNO. The van der Waals surface area contributed by atoms with Crippen LogP contribution in [0.2, 0.25) is 5.02 Å². The van der Waals surface area contributed by atoms with Crippen molar-refractivity contribution < 1.29 is 5.11 Å². The second-order valence-corrected chi connectivity index (χ2v) is 3.06. The number of nitrogen functional groups attached to an aromatic ring is 1. The van der Waals surface area contributed by atoms with Crippen LogP contribution in [0.1, 0.15) is 12.0 Å². The van der Waals surface area contributed by atoms with Crippen LogP contribution in [-0.2, 0) is 0 Å². The third kappa shape index (κ3) is 2.76. The zero-order valence-corrected chi connectivity index (χ0v) is 7.96. The highest BCUT2D eigenvalue weighted by Gasteiger charge is 1.98. The molecule has 1 aromatic rings. The minimum atomic E-state index is 0.140. The number of hydrogen-bond acceptors (Lipinski definition) is 2. The molecule has 0 aliphatic heterocycles. The predicted molar refractivity (Wildman–Crippen MR) is 56.6 cm³/mol. The lowest BCUT2D eigenvalue weighted by Gasteiger charge is -2.01. The Kier molecular flexibility index (Phi) is 3.80. The van der Waals surface area contributed by atoms with Crippen LogP contribution in [0.15, 0.2) is 24.3 Å². The molecule has 2 nitrogen and oxygen atoms in total. The van der Waals surface area contributed by atoms with Crippen molar-refractivity contribution in [2.45, 2.75) is 6.42 Å². The molecular weight excluding hydrogens is 186 g/mol. The first-order valence-corrected chi connectivity index (χ1v) is 4.45. The number of halogens is 1. The van der Waals surface area contributed by atoms with Crippen molar-refractivity contribution in [2.75, 3.05) is 12.3 Å². The van der Waals surface area contributed by atoms with E-state index in [1.165, 1.54) is 0 Å².